The number of aromatic amines is 1. The molecule has 2 heterocycles. The zero-order valence-electron chi connectivity index (χ0n) is 20.4. The van der Waals surface area contributed by atoms with E-state index in [0.717, 1.165) is 35.5 Å². The van der Waals surface area contributed by atoms with Gasteiger partial charge in [0.1, 0.15) is 5.70 Å². The van der Waals surface area contributed by atoms with Crippen molar-refractivity contribution in [2.75, 3.05) is 19.6 Å². The van der Waals surface area contributed by atoms with Gasteiger partial charge < -0.3 is 26.3 Å². The summed E-state index contributed by atoms with van der Waals surface area (Å²) in [6.45, 7) is 9.55. The summed E-state index contributed by atoms with van der Waals surface area (Å²) in [6.07, 6.45) is 13.4. The molecule has 0 atom stereocenters. The molecule has 184 valence electrons. The molecule has 1 saturated heterocycles. The highest BCUT2D eigenvalue weighted by molar-refractivity contribution is 6.00. The molecule has 5 N–H and O–H groups in total. The van der Waals surface area contributed by atoms with Crippen LogP contribution in [0.3, 0.4) is 0 Å². The Bertz CT molecular complexity index is 1190. The number of fused-ring (bicyclic) bond motifs is 1. The number of allylic oxidation sites excluding steroid dienone is 4. The van der Waals surface area contributed by atoms with E-state index in [1.165, 1.54) is 38.0 Å². The monoisotopic (exact) mass is 473 g/mol. The first-order valence-electron chi connectivity index (χ1n) is 12.2. The van der Waals surface area contributed by atoms with E-state index >= 15 is 0 Å². The predicted molar refractivity (Wildman–Crippen MR) is 140 cm³/mol. The van der Waals surface area contributed by atoms with Crippen LogP contribution in [0.25, 0.3) is 10.9 Å². The molecular formula is C28H35N5O2. The van der Waals surface area contributed by atoms with Crippen molar-refractivity contribution in [3.8, 4) is 0 Å². The average molecular weight is 474 g/mol. The van der Waals surface area contributed by atoms with E-state index in [0.29, 0.717) is 17.7 Å². The van der Waals surface area contributed by atoms with E-state index in [2.05, 4.69) is 39.2 Å². The molecule has 7 heteroatoms. The van der Waals surface area contributed by atoms with Gasteiger partial charge in [-0.25, -0.2) is 0 Å². The molecule has 0 unspecified atom stereocenters. The van der Waals surface area contributed by atoms with Crippen LogP contribution >= 0.6 is 0 Å². The van der Waals surface area contributed by atoms with Gasteiger partial charge >= 0.3 is 0 Å². The summed E-state index contributed by atoms with van der Waals surface area (Å²) in [7, 11) is 0. The lowest BCUT2D eigenvalue weighted by molar-refractivity contribution is -0.119. The summed E-state index contributed by atoms with van der Waals surface area (Å²) in [6, 6.07) is 8.30. The number of carbonyl (C=O) groups excluding carboxylic acids is 2. The number of nitrogens with one attached hydrogen (secondary N) is 3. The highest BCUT2D eigenvalue weighted by atomic mass is 16.2. The zero-order chi connectivity index (χ0) is 24.8. The minimum absolute atomic E-state index is 0.161. The Balaban J connectivity index is 1.24. The van der Waals surface area contributed by atoms with E-state index in [4.69, 9.17) is 5.73 Å². The lowest BCUT2D eigenvalue weighted by Gasteiger charge is -2.56. The Kier molecular flexibility index (Phi) is 7.56. The van der Waals surface area contributed by atoms with Crippen LogP contribution < -0.4 is 16.4 Å². The lowest BCUT2D eigenvalue weighted by atomic mass is 9.63. The Morgan fingerprint density at radius 2 is 2.03 bits per heavy atom. The first-order valence-corrected chi connectivity index (χ1v) is 12.2. The number of H-pyrrole nitrogens is 1. The smallest absolute Gasteiger partial charge is 0.267 e. The number of rotatable bonds is 10. The first kappa shape index (κ1) is 24.5. The van der Waals surface area contributed by atoms with Crippen molar-refractivity contribution in [1.82, 2.24) is 20.5 Å². The molecule has 1 spiro atoms. The fourth-order valence-electron chi connectivity index (χ4n) is 4.82. The van der Waals surface area contributed by atoms with E-state index in [1.54, 1.807) is 12.2 Å². The van der Waals surface area contributed by atoms with Crippen LogP contribution in [0.5, 0.6) is 0 Å². The highest BCUT2D eigenvalue weighted by Gasteiger charge is 2.46. The summed E-state index contributed by atoms with van der Waals surface area (Å²) in [5.41, 5.74) is 9.95. The molecule has 1 saturated carbocycles. The van der Waals surface area contributed by atoms with Gasteiger partial charge in [-0.2, -0.15) is 0 Å². The summed E-state index contributed by atoms with van der Waals surface area (Å²) in [5, 5.41) is 6.49. The van der Waals surface area contributed by atoms with Crippen molar-refractivity contribution in [2.24, 2.45) is 11.1 Å². The molecule has 2 aromatic rings. The van der Waals surface area contributed by atoms with Crippen LogP contribution in [0.4, 0.5) is 0 Å². The van der Waals surface area contributed by atoms with E-state index in [9.17, 15) is 9.59 Å². The van der Waals surface area contributed by atoms with Gasteiger partial charge in [0.2, 0.25) is 0 Å². The largest absolute Gasteiger partial charge is 0.394 e. The molecular weight excluding hydrogens is 438 g/mol. The van der Waals surface area contributed by atoms with Gasteiger partial charge in [0.25, 0.3) is 11.8 Å². The van der Waals surface area contributed by atoms with Crippen LogP contribution in [0.15, 0.2) is 72.6 Å². The molecule has 7 nitrogen and oxygen atoms in total. The summed E-state index contributed by atoms with van der Waals surface area (Å²) in [4.78, 5) is 30.4. The Labute approximate surface area is 206 Å². The Morgan fingerprint density at radius 1 is 1.23 bits per heavy atom. The number of aromatic nitrogens is 1. The van der Waals surface area contributed by atoms with Crippen LogP contribution in [0.2, 0.25) is 0 Å². The number of carbonyl (C=O) groups is 2. The molecule has 1 aliphatic heterocycles. The van der Waals surface area contributed by atoms with Gasteiger partial charge in [-0.15, -0.1) is 0 Å². The molecule has 2 amide bonds. The SMILES string of the molecule is C=C(/C=C\C=C/C)NC(=O)/C=C(\N)C(=O)NCc1ccc2cc(CCN3CC4(CCC4)C3)[nH]c2c1. The second-order valence-corrected chi connectivity index (χ2v) is 9.71. The molecule has 35 heavy (non-hydrogen) atoms. The summed E-state index contributed by atoms with van der Waals surface area (Å²) >= 11 is 0. The first-order chi connectivity index (χ1) is 16.9. The predicted octanol–water partition coefficient (Wildman–Crippen LogP) is 3.42. The number of hydrogen-bond acceptors (Lipinski definition) is 4. The number of benzene rings is 1. The number of hydrogen-bond donors (Lipinski definition) is 4. The van der Waals surface area contributed by atoms with Crippen molar-refractivity contribution in [2.45, 2.75) is 39.2 Å². The number of nitrogens with zero attached hydrogens (tertiary/aromatic N) is 1. The molecule has 1 aromatic carbocycles. The minimum atomic E-state index is -0.505. The van der Waals surface area contributed by atoms with Crippen LogP contribution in [0.1, 0.15) is 37.4 Å². The zero-order valence-corrected chi connectivity index (χ0v) is 20.4. The third kappa shape index (κ3) is 6.31. The van der Waals surface area contributed by atoms with Crippen molar-refractivity contribution in [1.29, 1.82) is 0 Å². The van der Waals surface area contributed by atoms with E-state index in [-0.39, 0.29) is 5.70 Å². The summed E-state index contributed by atoms with van der Waals surface area (Å²) in [5.74, 6) is -1.00. The second kappa shape index (κ2) is 10.8. The molecule has 2 fully saturated rings. The van der Waals surface area contributed by atoms with Crippen molar-refractivity contribution in [3.63, 3.8) is 0 Å². The van der Waals surface area contributed by atoms with Gasteiger partial charge in [-0.05, 0) is 54.3 Å². The molecule has 0 bridgehead atoms. The van der Waals surface area contributed by atoms with Crippen LogP contribution in [0, 0.1) is 5.41 Å². The van der Waals surface area contributed by atoms with Crippen molar-refractivity contribution < 1.29 is 9.59 Å². The minimum Gasteiger partial charge on any atom is -0.394 e. The second-order valence-electron chi connectivity index (χ2n) is 9.71. The number of likely N-dealkylation sites (tertiary alicyclic amines) is 1. The van der Waals surface area contributed by atoms with E-state index in [1.807, 2.05) is 31.2 Å². The van der Waals surface area contributed by atoms with E-state index < -0.39 is 11.8 Å². The van der Waals surface area contributed by atoms with Gasteiger partial charge in [0.15, 0.2) is 0 Å². The van der Waals surface area contributed by atoms with Gasteiger partial charge in [-0.1, -0.05) is 43.4 Å². The Hall–Kier alpha value is -3.58. The fraction of sp³-hybridized carbons (Fsp3) is 0.357. The maximum atomic E-state index is 12.3. The average Bonchev–Trinajstić information content (AvgIpc) is 3.17. The molecule has 1 aliphatic carbocycles. The molecule has 4 rings (SSSR count). The maximum Gasteiger partial charge on any atom is 0.267 e. The van der Waals surface area contributed by atoms with Crippen molar-refractivity contribution in [3.05, 3.63) is 83.9 Å². The lowest BCUT2D eigenvalue weighted by Crippen LogP contribution is -2.59. The molecule has 1 aromatic heterocycles. The topological polar surface area (TPSA) is 103 Å². The van der Waals surface area contributed by atoms with Gasteiger partial charge in [0.05, 0.1) is 0 Å². The fourth-order valence-corrected chi connectivity index (χ4v) is 4.82. The third-order valence-corrected chi connectivity index (χ3v) is 6.86. The van der Waals surface area contributed by atoms with Gasteiger partial charge in [-0.3, -0.25) is 9.59 Å². The normalized spacial score (nSPS) is 17.6. The van der Waals surface area contributed by atoms with Crippen LogP contribution in [-0.4, -0.2) is 41.3 Å². The number of amides is 2. The maximum absolute atomic E-state index is 12.3. The molecule has 2 aliphatic rings. The van der Waals surface area contributed by atoms with Crippen LogP contribution in [-0.2, 0) is 22.6 Å². The van der Waals surface area contributed by atoms with Crippen molar-refractivity contribution >= 4 is 22.7 Å². The van der Waals surface area contributed by atoms with Gasteiger partial charge in [0, 0.05) is 55.6 Å². The summed E-state index contributed by atoms with van der Waals surface area (Å²) < 4.78 is 0. The third-order valence-electron chi connectivity index (χ3n) is 6.86. The Morgan fingerprint density at radius 3 is 2.74 bits per heavy atom. The quantitative estimate of drug-likeness (QED) is 0.314. The number of nitrogens with two attached hydrogens (primary N) is 1. The highest BCUT2D eigenvalue weighted by Crippen LogP contribution is 2.47. The standard InChI is InChI=1S/C28H35N5O2/c1-3-4-5-7-20(2)31-26(34)16-24(29)27(35)30-17-21-8-9-22-15-23(32-25(22)14-21)10-13-33-18-28(19-33)11-6-12-28/h3-5,7-9,14-16,32H,2,6,10-13,17-19,29H2,1H3,(H,30,35)(H,31,34)/b4-3-,7-5-,24-16-. The molecule has 0 radical (unpaired) electrons.